The Morgan fingerprint density at radius 2 is 2.16 bits per heavy atom. The monoisotopic (exact) mass is 441 g/mol. The molecule has 0 bridgehead atoms. The summed E-state index contributed by atoms with van der Waals surface area (Å²) >= 11 is 1.55. The van der Waals surface area contributed by atoms with Gasteiger partial charge in [0.2, 0.25) is 5.91 Å². The number of likely N-dealkylation sites (tertiary alicyclic amines) is 1. The number of nitrogens with zero attached hydrogens (tertiary/aromatic N) is 2. The minimum Gasteiger partial charge on any atom is -0.491 e. The summed E-state index contributed by atoms with van der Waals surface area (Å²) in [6.45, 7) is 0.887. The highest BCUT2D eigenvalue weighted by molar-refractivity contribution is 7.08. The van der Waals surface area contributed by atoms with Crippen molar-refractivity contribution in [1.29, 1.82) is 0 Å². The lowest BCUT2D eigenvalue weighted by atomic mass is 10.0. The smallest absolute Gasteiger partial charge is 0.251 e. The molecule has 2 aromatic heterocycles. The van der Waals surface area contributed by atoms with Crippen LogP contribution >= 0.6 is 11.3 Å². The van der Waals surface area contributed by atoms with Crippen molar-refractivity contribution in [2.75, 3.05) is 13.2 Å². The molecular weight excluding hydrogens is 417 g/mol. The molecule has 1 aliphatic heterocycles. The number of nitrogens with one attached hydrogen (secondary N) is 1. The van der Waals surface area contributed by atoms with Crippen molar-refractivity contribution in [3.05, 3.63) is 69.2 Å². The number of amides is 1. The second-order valence-corrected chi connectivity index (χ2v) is 8.29. The molecule has 1 amide bonds. The van der Waals surface area contributed by atoms with E-state index in [0.29, 0.717) is 30.9 Å². The van der Waals surface area contributed by atoms with Crippen LogP contribution in [-0.2, 0) is 4.79 Å². The van der Waals surface area contributed by atoms with Crippen LogP contribution in [0.15, 0.2) is 52.0 Å². The van der Waals surface area contributed by atoms with E-state index in [0.717, 1.165) is 24.8 Å². The van der Waals surface area contributed by atoms with Crippen molar-refractivity contribution in [3.8, 4) is 17.0 Å². The summed E-state index contributed by atoms with van der Waals surface area (Å²) in [6.07, 6.45) is 3.42. The number of carbonyl (C=O) groups excluding carboxylic acids is 1. The first-order valence-corrected chi connectivity index (χ1v) is 11.4. The Kier molecular flexibility index (Phi) is 6.76. The molecule has 1 saturated heterocycles. The first-order chi connectivity index (χ1) is 15.1. The van der Waals surface area contributed by atoms with Gasteiger partial charge in [-0.3, -0.25) is 9.59 Å². The number of rotatable bonds is 7. The Balaban J connectivity index is 1.42. The predicted octanol–water partition coefficient (Wildman–Crippen LogP) is 4.55. The summed E-state index contributed by atoms with van der Waals surface area (Å²) < 4.78 is 19.1. The highest BCUT2D eigenvalue weighted by Gasteiger charge is 2.29. The first-order valence-electron chi connectivity index (χ1n) is 10.4. The van der Waals surface area contributed by atoms with Gasteiger partial charge < -0.3 is 14.6 Å². The normalized spacial score (nSPS) is 16.3. The van der Waals surface area contributed by atoms with Gasteiger partial charge >= 0.3 is 0 Å². The molecule has 3 aromatic rings. The van der Waals surface area contributed by atoms with E-state index in [1.807, 2.05) is 21.7 Å². The van der Waals surface area contributed by atoms with E-state index in [1.165, 1.54) is 12.1 Å². The van der Waals surface area contributed by atoms with Crippen LogP contribution in [0.2, 0.25) is 0 Å². The summed E-state index contributed by atoms with van der Waals surface area (Å²) in [5.74, 6) is 0.304. The number of piperidine rings is 1. The van der Waals surface area contributed by atoms with E-state index in [9.17, 15) is 14.0 Å². The van der Waals surface area contributed by atoms with Crippen LogP contribution < -0.4 is 10.3 Å². The number of halogens is 1. The molecule has 31 heavy (non-hydrogen) atoms. The lowest BCUT2D eigenvalue weighted by Gasteiger charge is -2.35. The Bertz CT molecular complexity index is 1080. The highest BCUT2D eigenvalue weighted by atomic mass is 32.1. The number of hydrogen-bond acceptors (Lipinski definition) is 5. The number of aromatic nitrogens is 2. The average Bonchev–Trinajstić information content (AvgIpc) is 3.32. The molecule has 0 spiro atoms. The van der Waals surface area contributed by atoms with Crippen molar-refractivity contribution in [1.82, 2.24) is 14.9 Å². The van der Waals surface area contributed by atoms with E-state index in [2.05, 4.69) is 9.97 Å². The average molecular weight is 442 g/mol. The topological polar surface area (TPSA) is 75.3 Å². The molecule has 162 valence electrons. The third-order valence-corrected chi connectivity index (χ3v) is 6.03. The van der Waals surface area contributed by atoms with Crippen LogP contribution in [0.25, 0.3) is 11.3 Å². The largest absolute Gasteiger partial charge is 0.491 e. The number of carbonyl (C=O) groups is 1. The zero-order valence-electron chi connectivity index (χ0n) is 17.1. The minimum atomic E-state index is -0.412. The number of thiophene rings is 1. The molecule has 1 N–H and O–H groups in total. The maximum atomic E-state index is 13.6. The van der Waals surface area contributed by atoms with Crippen LogP contribution in [-0.4, -0.2) is 33.9 Å². The van der Waals surface area contributed by atoms with Gasteiger partial charge in [-0.05, 0) is 49.3 Å². The molecule has 1 unspecified atom stereocenters. The van der Waals surface area contributed by atoms with E-state index in [-0.39, 0.29) is 29.9 Å². The van der Waals surface area contributed by atoms with Crippen LogP contribution in [0.3, 0.4) is 0 Å². The fourth-order valence-electron chi connectivity index (χ4n) is 3.82. The Morgan fingerprint density at radius 3 is 2.97 bits per heavy atom. The Hall–Kier alpha value is -3.00. The fraction of sp³-hybridized carbons (Fsp3) is 0.348. The van der Waals surface area contributed by atoms with E-state index < -0.39 is 5.82 Å². The summed E-state index contributed by atoms with van der Waals surface area (Å²) in [4.78, 5) is 34.5. The van der Waals surface area contributed by atoms with E-state index >= 15 is 0 Å². The lowest BCUT2D eigenvalue weighted by molar-refractivity contribution is -0.135. The predicted molar refractivity (Wildman–Crippen MR) is 118 cm³/mol. The number of ether oxygens (including phenoxy) is 1. The molecule has 8 heteroatoms. The number of aromatic amines is 1. The maximum absolute atomic E-state index is 13.6. The third-order valence-electron chi connectivity index (χ3n) is 5.34. The zero-order chi connectivity index (χ0) is 21.6. The number of hydrogen-bond donors (Lipinski definition) is 1. The Morgan fingerprint density at radius 1 is 1.29 bits per heavy atom. The molecule has 0 radical (unpaired) electrons. The van der Waals surface area contributed by atoms with Crippen LogP contribution in [0, 0.1) is 5.82 Å². The lowest BCUT2D eigenvalue weighted by Crippen LogP contribution is -2.40. The third kappa shape index (κ3) is 5.19. The Labute approximate surface area is 183 Å². The maximum Gasteiger partial charge on any atom is 0.251 e. The van der Waals surface area contributed by atoms with Crippen molar-refractivity contribution < 1.29 is 13.9 Å². The fourth-order valence-corrected chi connectivity index (χ4v) is 4.47. The summed E-state index contributed by atoms with van der Waals surface area (Å²) in [5.41, 5.74) is 1.30. The summed E-state index contributed by atoms with van der Waals surface area (Å²) in [7, 11) is 0. The zero-order valence-corrected chi connectivity index (χ0v) is 17.9. The quantitative estimate of drug-likeness (QED) is 0.546. The second kappa shape index (κ2) is 9.87. The van der Waals surface area contributed by atoms with Crippen LogP contribution in [0.5, 0.6) is 5.75 Å². The van der Waals surface area contributed by atoms with Gasteiger partial charge in [0.05, 0.1) is 18.3 Å². The SMILES string of the molecule is O=C(CCCOc1ccccc1F)N1CCCCC1c1nc(-c2ccsc2)cc(=O)[nH]1. The van der Waals surface area contributed by atoms with Gasteiger partial charge in [-0.1, -0.05) is 12.1 Å². The summed E-state index contributed by atoms with van der Waals surface area (Å²) in [6, 6.07) is 9.39. The molecule has 1 aromatic carbocycles. The van der Waals surface area contributed by atoms with E-state index in [4.69, 9.17) is 4.74 Å². The van der Waals surface area contributed by atoms with Crippen molar-refractivity contribution in [2.45, 2.75) is 38.1 Å². The molecule has 6 nitrogen and oxygen atoms in total. The van der Waals surface area contributed by atoms with Gasteiger partial charge in [0.1, 0.15) is 5.82 Å². The van der Waals surface area contributed by atoms with Crippen LogP contribution in [0.4, 0.5) is 4.39 Å². The van der Waals surface area contributed by atoms with Gasteiger partial charge in [-0.25, -0.2) is 9.37 Å². The van der Waals surface area contributed by atoms with Crippen molar-refractivity contribution in [3.63, 3.8) is 0 Å². The molecule has 1 aliphatic rings. The number of para-hydroxylation sites is 1. The van der Waals surface area contributed by atoms with Crippen molar-refractivity contribution >= 4 is 17.2 Å². The minimum absolute atomic E-state index is 0.00887. The highest BCUT2D eigenvalue weighted by Crippen LogP contribution is 2.30. The standard InChI is InChI=1S/C23H24FN3O3S/c24-17-6-1-2-8-20(17)30-12-5-9-22(29)27-11-4-3-7-19(27)23-25-18(14-21(28)26-23)16-10-13-31-15-16/h1-2,6,8,10,13-15,19H,3-5,7,9,11-12H2,(H,25,26,28). The van der Waals surface area contributed by atoms with Gasteiger partial charge in [0, 0.05) is 30.0 Å². The number of H-pyrrole nitrogens is 1. The van der Waals surface area contributed by atoms with E-state index in [1.54, 1.807) is 29.5 Å². The van der Waals surface area contributed by atoms with Crippen LogP contribution in [0.1, 0.15) is 44.0 Å². The van der Waals surface area contributed by atoms with Gasteiger partial charge in [0.15, 0.2) is 11.6 Å². The molecular formula is C23H24FN3O3S. The molecule has 0 aliphatic carbocycles. The molecule has 1 fully saturated rings. The molecule has 0 saturated carbocycles. The van der Waals surface area contributed by atoms with Gasteiger partial charge in [-0.15, -0.1) is 0 Å². The first kappa shape index (κ1) is 21.2. The second-order valence-electron chi connectivity index (χ2n) is 7.51. The summed E-state index contributed by atoms with van der Waals surface area (Å²) in [5, 5.41) is 3.89. The molecule has 4 rings (SSSR count). The van der Waals surface area contributed by atoms with Gasteiger partial charge in [0.25, 0.3) is 5.56 Å². The molecule has 3 heterocycles. The van der Waals surface area contributed by atoms with Gasteiger partial charge in [-0.2, -0.15) is 11.3 Å². The van der Waals surface area contributed by atoms with Crippen molar-refractivity contribution in [2.24, 2.45) is 0 Å². The number of benzene rings is 1. The molecule has 1 atom stereocenters.